The largest absolute Gasteiger partial charge is 0.378 e. The Bertz CT molecular complexity index is 1130. The highest BCUT2D eigenvalue weighted by atomic mass is 16.5. The number of nitrogens with zero attached hydrogens (tertiary/aromatic N) is 4. The number of benzene rings is 1. The quantitative estimate of drug-likeness (QED) is 0.649. The minimum atomic E-state index is 0. The van der Waals surface area contributed by atoms with Crippen LogP contribution >= 0.6 is 0 Å². The van der Waals surface area contributed by atoms with Gasteiger partial charge in [-0.05, 0) is 61.2 Å². The number of amides is 1. The van der Waals surface area contributed by atoms with Crippen LogP contribution in [0.25, 0.3) is 11.0 Å². The number of rotatable bonds is 4. The van der Waals surface area contributed by atoms with E-state index in [1.165, 1.54) is 22.3 Å². The number of aryl methyl sites for hydroxylation is 1. The van der Waals surface area contributed by atoms with Gasteiger partial charge in [0.2, 0.25) is 5.91 Å². The van der Waals surface area contributed by atoms with Crippen LogP contribution < -0.4 is 10.2 Å². The van der Waals surface area contributed by atoms with Gasteiger partial charge in [0.25, 0.3) is 0 Å². The number of hydrogen-bond donors (Lipinski definition) is 1. The molecule has 5 rings (SSSR count). The summed E-state index contributed by atoms with van der Waals surface area (Å²) in [6.07, 6.45) is 2.85. The molecule has 33 heavy (non-hydrogen) atoms. The van der Waals surface area contributed by atoms with Crippen molar-refractivity contribution in [1.82, 2.24) is 14.5 Å². The van der Waals surface area contributed by atoms with E-state index in [2.05, 4.69) is 58.2 Å². The van der Waals surface area contributed by atoms with E-state index in [4.69, 9.17) is 9.72 Å². The Morgan fingerprint density at radius 3 is 2.58 bits per heavy atom. The Labute approximate surface area is 196 Å². The van der Waals surface area contributed by atoms with Crippen LogP contribution in [0, 0.1) is 0 Å². The van der Waals surface area contributed by atoms with E-state index in [1.54, 1.807) is 6.92 Å². The van der Waals surface area contributed by atoms with Crippen LogP contribution in [0.2, 0.25) is 0 Å². The summed E-state index contributed by atoms with van der Waals surface area (Å²) in [6.45, 7) is 5.09. The third-order valence-corrected chi connectivity index (χ3v) is 6.99. The average molecular weight is 450 g/mol. The van der Waals surface area contributed by atoms with Gasteiger partial charge in [0.15, 0.2) is 0 Å². The maximum Gasteiger partial charge on any atom is 0.219 e. The van der Waals surface area contributed by atoms with E-state index < -0.39 is 0 Å². The number of pyridine rings is 1. The number of carbonyl (C=O) groups excluding carboxylic acids is 1. The van der Waals surface area contributed by atoms with Gasteiger partial charge in [0, 0.05) is 62.6 Å². The van der Waals surface area contributed by atoms with E-state index in [9.17, 15) is 4.79 Å². The van der Waals surface area contributed by atoms with Crippen molar-refractivity contribution in [3.05, 3.63) is 47.7 Å². The Morgan fingerprint density at radius 1 is 1.15 bits per heavy atom. The zero-order valence-corrected chi connectivity index (χ0v) is 19.1. The number of aromatic nitrogens is 2. The smallest absolute Gasteiger partial charge is 0.219 e. The van der Waals surface area contributed by atoms with Crippen molar-refractivity contribution in [2.24, 2.45) is 7.05 Å². The van der Waals surface area contributed by atoms with Crippen molar-refractivity contribution in [3.63, 3.8) is 0 Å². The van der Waals surface area contributed by atoms with E-state index in [0.29, 0.717) is 0 Å². The minimum Gasteiger partial charge on any atom is -0.378 e. The van der Waals surface area contributed by atoms with E-state index in [1.807, 2.05) is 11.9 Å². The summed E-state index contributed by atoms with van der Waals surface area (Å²) in [5.41, 5.74) is 5.92. The summed E-state index contributed by atoms with van der Waals surface area (Å²) in [5.74, 6) is 0.968. The first-order valence-electron chi connectivity index (χ1n) is 11.4. The molecular formula is C26H35N5O2. The van der Waals surface area contributed by atoms with Crippen LogP contribution in [0.4, 0.5) is 17.2 Å². The molecule has 1 aromatic carbocycles. The Kier molecular flexibility index (Phi) is 6.61. The number of likely N-dealkylation sites (N-methyl/N-ethyl adjacent to an activating group) is 1. The lowest BCUT2D eigenvalue weighted by Crippen LogP contribution is -2.39. The first-order chi connectivity index (χ1) is 15.5. The molecule has 0 radical (unpaired) electrons. The van der Waals surface area contributed by atoms with Crippen LogP contribution in [0.5, 0.6) is 0 Å². The predicted molar refractivity (Wildman–Crippen MR) is 134 cm³/mol. The fourth-order valence-electron chi connectivity index (χ4n) is 5.00. The van der Waals surface area contributed by atoms with Gasteiger partial charge in [0.1, 0.15) is 11.5 Å². The lowest BCUT2D eigenvalue weighted by atomic mass is 9.91. The number of fused-ring (bicyclic) bond motifs is 3. The normalized spacial score (nSPS) is 17.9. The minimum absolute atomic E-state index is 0. The number of hydrogen-bond acceptors (Lipinski definition) is 5. The molecule has 7 nitrogen and oxygen atoms in total. The molecule has 2 aromatic heterocycles. The van der Waals surface area contributed by atoms with E-state index >= 15 is 0 Å². The SMILES string of the molecule is C.CC(=O)N(C)C1CCc2c(c3ccc(Nc4ccc(N5CCOCC5)cc4)nc3n2C)C1. The van der Waals surface area contributed by atoms with Crippen molar-refractivity contribution >= 4 is 34.1 Å². The molecule has 176 valence electrons. The van der Waals surface area contributed by atoms with E-state index in [-0.39, 0.29) is 19.4 Å². The number of carbonyl (C=O) groups is 1. The second-order valence-electron chi connectivity index (χ2n) is 8.85. The van der Waals surface area contributed by atoms with Crippen LogP contribution in [-0.2, 0) is 29.4 Å². The van der Waals surface area contributed by atoms with Gasteiger partial charge in [-0.2, -0.15) is 0 Å². The second kappa shape index (κ2) is 9.43. The summed E-state index contributed by atoms with van der Waals surface area (Å²) in [7, 11) is 4.01. The standard InChI is InChI=1S/C25H31N5O2.CH4/c1-17(31)28(2)20-8-10-23-22(16-20)21-9-11-24(27-25(21)29(23)3)26-18-4-6-19(7-5-18)30-12-14-32-15-13-30;/h4-7,9,11,20H,8,10,12-16H2,1-3H3,(H,26,27);1H4. The van der Waals surface area contributed by atoms with Gasteiger partial charge in [0.05, 0.1) is 13.2 Å². The lowest BCUT2D eigenvalue weighted by molar-refractivity contribution is -0.129. The zero-order valence-electron chi connectivity index (χ0n) is 19.1. The maximum absolute atomic E-state index is 11.8. The topological polar surface area (TPSA) is 62.6 Å². The van der Waals surface area contributed by atoms with Crippen molar-refractivity contribution in [3.8, 4) is 0 Å². The summed E-state index contributed by atoms with van der Waals surface area (Å²) in [4.78, 5) is 21.0. The van der Waals surface area contributed by atoms with Crippen molar-refractivity contribution < 1.29 is 9.53 Å². The first kappa shape index (κ1) is 23.1. The third kappa shape index (κ3) is 4.42. The van der Waals surface area contributed by atoms with Crippen molar-refractivity contribution in [2.45, 2.75) is 39.7 Å². The number of nitrogens with one attached hydrogen (secondary N) is 1. The fourth-order valence-corrected chi connectivity index (χ4v) is 5.00. The third-order valence-electron chi connectivity index (χ3n) is 6.99. The molecule has 1 atom stereocenters. The molecule has 1 N–H and O–H groups in total. The average Bonchev–Trinajstić information content (AvgIpc) is 3.10. The number of morpholine rings is 1. The van der Waals surface area contributed by atoms with Gasteiger partial charge in [-0.1, -0.05) is 7.43 Å². The molecule has 0 saturated carbocycles. The molecule has 3 heterocycles. The molecule has 7 heteroatoms. The lowest BCUT2D eigenvalue weighted by Gasteiger charge is -2.31. The predicted octanol–water partition coefficient (Wildman–Crippen LogP) is 4.13. The zero-order chi connectivity index (χ0) is 22.2. The highest BCUT2D eigenvalue weighted by Gasteiger charge is 2.28. The Hall–Kier alpha value is -3.06. The number of anilines is 3. The molecular weight excluding hydrogens is 414 g/mol. The molecule has 3 aromatic rings. The van der Waals surface area contributed by atoms with Crippen molar-refractivity contribution in [2.75, 3.05) is 43.6 Å². The molecule has 0 spiro atoms. The molecule has 1 saturated heterocycles. The van der Waals surface area contributed by atoms with E-state index in [0.717, 1.165) is 62.7 Å². The number of ether oxygens (including phenoxy) is 1. The Morgan fingerprint density at radius 2 is 1.88 bits per heavy atom. The summed E-state index contributed by atoms with van der Waals surface area (Å²) in [5, 5.41) is 4.65. The van der Waals surface area contributed by atoms with Gasteiger partial charge in [-0.3, -0.25) is 4.79 Å². The van der Waals surface area contributed by atoms with Gasteiger partial charge in [-0.25, -0.2) is 4.98 Å². The molecule has 1 amide bonds. The van der Waals surface area contributed by atoms with Crippen LogP contribution in [0.3, 0.4) is 0 Å². The first-order valence-corrected chi connectivity index (χ1v) is 11.4. The molecule has 1 aliphatic carbocycles. The van der Waals surface area contributed by atoms with Crippen molar-refractivity contribution in [1.29, 1.82) is 0 Å². The van der Waals surface area contributed by atoms with Gasteiger partial charge < -0.3 is 24.4 Å². The van der Waals surface area contributed by atoms with Crippen LogP contribution in [0.1, 0.15) is 32.0 Å². The summed E-state index contributed by atoms with van der Waals surface area (Å²) < 4.78 is 7.67. The highest BCUT2D eigenvalue weighted by molar-refractivity contribution is 5.85. The Balaban J connectivity index is 0.00000259. The van der Waals surface area contributed by atoms with Gasteiger partial charge >= 0.3 is 0 Å². The molecule has 0 bridgehead atoms. The highest BCUT2D eigenvalue weighted by Crippen LogP contribution is 2.33. The maximum atomic E-state index is 11.8. The molecule has 1 fully saturated rings. The molecule has 1 aliphatic heterocycles. The van der Waals surface area contributed by atoms with Crippen LogP contribution in [0.15, 0.2) is 36.4 Å². The van der Waals surface area contributed by atoms with Crippen LogP contribution in [-0.4, -0.2) is 59.8 Å². The fraction of sp³-hybridized carbons (Fsp3) is 0.462. The molecule has 1 unspecified atom stereocenters. The second-order valence-corrected chi connectivity index (χ2v) is 8.85. The monoisotopic (exact) mass is 449 g/mol. The van der Waals surface area contributed by atoms with Gasteiger partial charge in [-0.15, -0.1) is 0 Å². The summed E-state index contributed by atoms with van der Waals surface area (Å²) in [6, 6.07) is 13.0. The summed E-state index contributed by atoms with van der Waals surface area (Å²) >= 11 is 0. The molecule has 2 aliphatic rings.